The molecule has 5 heteroatoms. The number of nitrogens with zero attached hydrogens (tertiary/aromatic N) is 1. The molecule has 0 aliphatic carbocycles. The molecule has 2 heterocycles. The van der Waals surface area contributed by atoms with E-state index in [0.29, 0.717) is 16.2 Å². The Morgan fingerprint density at radius 3 is 1.97 bits per heavy atom. The van der Waals surface area contributed by atoms with Gasteiger partial charge in [-0.15, -0.1) is 0 Å². The third-order valence-corrected chi connectivity index (χ3v) is 6.88. The van der Waals surface area contributed by atoms with Crippen LogP contribution in [0.15, 0.2) is 102 Å². The summed E-state index contributed by atoms with van der Waals surface area (Å²) in [7, 11) is 0. The lowest BCUT2D eigenvalue weighted by Crippen LogP contribution is -2.37. The van der Waals surface area contributed by atoms with Gasteiger partial charge in [0, 0.05) is 11.1 Å². The van der Waals surface area contributed by atoms with Crippen molar-refractivity contribution in [1.82, 2.24) is 4.98 Å². The summed E-state index contributed by atoms with van der Waals surface area (Å²) in [4.78, 5) is 17.4. The first-order valence-corrected chi connectivity index (χ1v) is 10.7. The lowest BCUT2D eigenvalue weighted by Gasteiger charge is -2.23. The van der Waals surface area contributed by atoms with E-state index in [9.17, 15) is 9.90 Å². The SMILES string of the molecule is N=C1c2c(-c3ccccc3)cc(-c3ccccc3)nc2SC1(C(=O)O)c1ccccc1. The van der Waals surface area contributed by atoms with Crippen molar-refractivity contribution in [2.24, 2.45) is 0 Å². The monoisotopic (exact) mass is 422 g/mol. The molecule has 0 saturated carbocycles. The number of pyridine rings is 1. The number of hydrogen-bond donors (Lipinski definition) is 2. The number of nitrogens with one attached hydrogen (secondary N) is 1. The van der Waals surface area contributed by atoms with Crippen molar-refractivity contribution in [2.45, 2.75) is 9.77 Å². The van der Waals surface area contributed by atoms with Gasteiger partial charge in [0.05, 0.1) is 11.4 Å². The summed E-state index contributed by atoms with van der Waals surface area (Å²) in [5.74, 6) is -1.06. The van der Waals surface area contributed by atoms with Crippen LogP contribution in [-0.2, 0) is 9.54 Å². The molecule has 5 rings (SSSR count). The standard InChI is InChI=1S/C26H18N2O2S/c27-23-22-20(17-10-4-1-5-11-17)16-21(18-12-6-2-7-13-18)28-24(22)31-26(23,25(29)30)19-14-8-3-9-15-19/h1-16,27H,(H,29,30). The zero-order chi connectivity index (χ0) is 21.4. The van der Waals surface area contributed by atoms with E-state index in [1.165, 1.54) is 0 Å². The fourth-order valence-electron chi connectivity index (χ4n) is 3.96. The largest absolute Gasteiger partial charge is 0.480 e. The van der Waals surface area contributed by atoms with Gasteiger partial charge < -0.3 is 10.5 Å². The second-order valence-electron chi connectivity index (χ2n) is 7.30. The van der Waals surface area contributed by atoms with Crippen molar-refractivity contribution in [3.05, 3.63) is 108 Å². The van der Waals surface area contributed by atoms with Gasteiger partial charge in [0.1, 0.15) is 5.03 Å². The smallest absolute Gasteiger partial charge is 0.331 e. The average Bonchev–Trinajstić information content (AvgIpc) is 3.14. The number of aliphatic carboxylic acids is 1. The van der Waals surface area contributed by atoms with Crippen LogP contribution >= 0.6 is 11.8 Å². The van der Waals surface area contributed by atoms with Gasteiger partial charge in [0.2, 0.25) is 0 Å². The first-order chi connectivity index (χ1) is 15.1. The third-order valence-electron chi connectivity index (χ3n) is 5.47. The molecular formula is C26H18N2O2S. The van der Waals surface area contributed by atoms with Gasteiger partial charge in [-0.2, -0.15) is 0 Å². The number of aromatic nitrogens is 1. The quantitative estimate of drug-likeness (QED) is 0.431. The number of carbonyl (C=O) groups is 1. The van der Waals surface area contributed by atoms with Gasteiger partial charge in [-0.3, -0.25) is 0 Å². The van der Waals surface area contributed by atoms with Gasteiger partial charge >= 0.3 is 5.97 Å². The molecule has 0 spiro atoms. The predicted octanol–water partition coefficient (Wildman–Crippen LogP) is 5.87. The van der Waals surface area contributed by atoms with Crippen LogP contribution in [0.5, 0.6) is 0 Å². The summed E-state index contributed by atoms with van der Waals surface area (Å²) in [6.45, 7) is 0. The van der Waals surface area contributed by atoms with Crippen molar-refractivity contribution in [1.29, 1.82) is 5.41 Å². The Hall–Kier alpha value is -3.70. The van der Waals surface area contributed by atoms with E-state index in [4.69, 9.17) is 10.4 Å². The molecule has 4 aromatic rings. The summed E-state index contributed by atoms with van der Waals surface area (Å²) in [5, 5.41) is 19.9. The summed E-state index contributed by atoms with van der Waals surface area (Å²) < 4.78 is -1.53. The molecule has 150 valence electrons. The summed E-state index contributed by atoms with van der Waals surface area (Å²) in [5.41, 5.74) is 4.66. The van der Waals surface area contributed by atoms with E-state index in [0.717, 1.165) is 34.1 Å². The molecule has 0 saturated heterocycles. The molecule has 0 amide bonds. The highest BCUT2D eigenvalue weighted by Crippen LogP contribution is 2.53. The molecule has 1 atom stereocenters. The lowest BCUT2D eigenvalue weighted by atomic mass is 9.86. The van der Waals surface area contributed by atoms with Crippen LogP contribution in [0.25, 0.3) is 22.4 Å². The third kappa shape index (κ3) is 3.05. The van der Waals surface area contributed by atoms with Crippen molar-refractivity contribution in [2.75, 3.05) is 0 Å². The summed E-state index contributed by atoms with van der Waals surface area (Å²) in [6.07, 6.45) is 0. The lowest BCUT2D eigenvalue weighted by molar-refractivity contribution is -0.138. The van der Waals surface area contributed by atoms with Crippen LogP contribution in [0.1, 0.15) is 11.1 Å². The summed E-state index contributed by atoms with van der Waals surface area (Å²) in [6, 6.07) is 30.5. The molecule has 1 unspecified atom stereocenters. The minimum atomic E-state index is -1.53. The molecule has 0 bridgehead atoms. The molecule has 4 nitrogen and oxygen atoms in total. The molecule has 2 N–H and O–H groups in total. The number of carboxylic acid groups (broad SMARTS) is 1. The molecule has 0 radical (unpaired) electrons. The highest BCUT2D eigenvalue weighted by atomic mass is 32.2. The van der Waals surface area contributed by atoms with E-state index >= 15 is 0 Å². The molecular weight excluding hydrogens is 404 g/mol. The van der Waals surface area contributed by atoms with Crippen LogP contribution in [0, 0.1) is 5.41 Å². The minimum absolute atomic E-state index is 0.0529. The maximum atomic E-state index is 12.6. The first kappa shape index (κ1) is 19.3. The number of thioether (sulfide) groups is 1. The Kier molecular flexibility index (Phi) is 4.68. The van der Waals surface area contributed by atoms with Gasteiger partial charge in [0.25, 0.3) is 0 Å². The van der Waals surface area contributed by atoms with Gasteiger partial charge in [-0.05, 0) is 22.8 Å². The second kappa shape index (κ2) is 7.52. The molecule has 1 aromatic heterocycles. The Morgan fingerprint density at radius 1 is 0.839 bits per heavy atom. The van der Waals surface area contributed by atoms with Crippen molar-refractivity contribution < 1.29 is 9.90 Å². The number of hydrogen-bond acceptors (Lipinski definition) is 4. The van der Waals surface area contributed by atoms with E-state index in [-0.39, 0.29) is 5.71 Å². The zero-order valence-electron chi connectivity index (χ0n) is 16.4. The van der Waals surface area contributed by atoms with Crippen LogP contribution in [-0.4, -0.2) is 21.8 Å². The number of rotatable bonds is 4. The normalized spacial score (nSPS) is 17.4. The number of fused-ring (bicyclic) bond motifs is 1. The Morgan fingerprint density at radius 2 is 1.39 bits per heavy atom. The topological polar surface area (TPSA) is 74.0 Å². The molecule has 1 aliphatic rings. The van der Waals surface area contributed by atoms with Crippen molar-refractivity contribution in [3.63, 3.8) is 0 Å². The van der Waals surface area contributed by atoms with Gasteiger partial charge in [-0.1, -0.05) is 103 Å². The van der Waals surface area contributed by atoms with Crippen LogP contribution < -0.4 is 0 Å². The van der Waals surface area contributed by atoms with Crippen LogP contribution in [0.3, 0.4) is 0 Å². The van der Waals surface area contributed by atoms with Crippen molar-refractivity contribution in [3.8, 4) is 22.4 Å². The fourth-order valence-corrected chi connectivity index (χ4v) is 5.26. The van der Waals surface area contributed by atoms with Gasteiger partial charge in [-0.25, -0.2) is 9.78 Å². The number of carboxylic acids is 1. The van der Waals surface area contributed by atoms with E-state index in [1.807, 2.05) is 72.8 Å². The average molecular weight is 423 g/mol. The highest BCUT2D eigenvalue weighted by molar-refractivity contribution is 8.02. The molecule has 3 aromatic carbocycles. The van der Waals surface area contributed by atoms with E-state index < -0.39 is 10.7 Å². The zero-order valence-corrected chi connectivity index (χ0v) is 17.3. The Labute approximate surface area is 184 Å². The number of benzene rings is 3. The van der Waals surface area contributed by atoms with E-state index in [1.54, 1.807) is 24.3 Å². The molecule has 1 aliphatic heterocycles. The minimum Gasteiger partial charge on any atom is -0.480 e. The van der Waals surface area contributed by atoms with Crippen LogP contribution in [0.4, 0.5) is 0 Å². The Bertz CT molecular complexity index is 1290. The maximum absolute atomic E-state index is 12.6. The molecule has 0 fully saturated rings. The summed E-state index contributed by atoms with van der Waals surface area (Å²) >= 11 is 1.14. The Balaban J connectivity index is 1.78. The van der Waals surface area contributed by atoms with Crippen molar-refractivity contribution >= 4 is 23.4 Å². The maximum Gasteiger partial charge on any atom is 0.331 e. The molecule has 31 heavy (non-hydrogen) atoms. The fraction of sp³-hybridized carbons (Fsp3) is 0.0385. The predicted molar refractivity (Wildman–Crippen MR) is 124 cm³/mol. The van der Waals surface area contributed by atoms with Gasteiger partial charge in [0.15, 0.2) is 4.75 Å². The highest BCUT2D eigenvalue weighted by Gasteiger charge is 2.53. The van der Waals surface area contributed by atoms with Crippen LogP contribution in [0.2, 0.25) is 0 Å². The van der Waals surface area contributed by atoms with E-state index in [2.05, 4.69) is 0 Å². The first-order valence-electron chi connectivity index (χ1n) is 9.84. The second-order valence-corrected chi connectivity index (χ2v) is 8.50.